The summed E-state index contributed by atoms with van der Waals surface area (Å²) in [7, 11) is 0. The lowest BCUT2D eigenvalue weighted by Gasteiger charge is -2.07. The van der Waals surface area contributed by atoms with E-state index in [0.29, 0.717) is 0 Å². The van der Waals surface area contributed by atoms with Crippen molar-refractivity contribution in [2.45, 2.75) is 12.6 Å². The zero-order chi connectivity index (χ0) is 16.6. The van der Waals surface area contributed by atoms with Gasteiger partial charge in [0.05, 0.1) is 0 Å². The number of carbonyl (C=O) groups excluding carboxylic acids is 2. The van der Waals surface area contributed by atoms with E-state index in [-0.39, 0.29) is 25.1 Å². The second-order valence-electron chi connectivity index (χ2n) is 4.25. The molecule has 22 heavy (non-hydrogen) atoms. The molecular formula is C14H14F4N2O2. The van der Waals surface area contributed by atoms with Crippen molar-refractivity contribution in [2.75, 3.05) is 13.1 Å². The molecule has 0 saturated carbocycles. The minimum absolute atomic E-state index is 0.0819. The summed E-state index contributed by atoms with van der Waals surface area (Å²) in [4.78, 5) is 21.9. The first-order valence-corrected chi connectivity index (χ1v) is 6.36. The Labute approximate surface area is 124 Å². The highest BCUT2D eigenvalue weighted by atomic mass is 19.4. The first-order valence-electron chi connectivity index (χ1n) is 6.36. The van der Waals surface area contributed by atoms with E-state index >= 15 is 0 Å². The predicted octanol–water partition coefficient (Wildman–Crippen LogP) is 2.02. The molecule has 0 bridgehead atoms. The minimum Gasteiger partial charge on any atom is -0.352 e. The maximum atomic E-state index is 13.2. The van der Waals surface area contributed by atoms with Crippen LogP contribution in [0, 0.1) is 5.82 Å². The number of alkyl halides is 3. The third-order valence-electron chi connectivity index (χ3n) is 2.52. The third kappa shape index (κ3) is 6.38. The second kappa shape index (κ2) is 8.16. The van der Waals surface area contributed by atoms with Gasteiger partial charge in [-0.2, -0.15) is 13.2 Å². The van der Waals surface area contributed by atoms with Crippen LogP contribution >= 0.6 is 0 Å². The van der Waals surface area contributed by atoms with E-state index in [9.17, 15) is 27.2 Å². The van der Waals surface area contributed by atoms with Crippen molar-refractivity contribution in [1.29, 1.82) is 0 Å². The fourth-order valence-electron chi connectivity index (χ4n) is 1.44. The Hall–Kier alpha value is -2.38. The lowest BCUT2D eigenvalue weighted by molar-refractivity contribution is -0.173. The van der Waals surface area contributed by atoms with Gasteiger partial charge in [0.15, 0.2) is 0 Å². The van der Waals surface area contributed by atoms with Gasteiger partial charge >= 0.3 is 12.1 Å². The van der Waals surface area contributed by atoms with E-state index in [1.54, 1.807) is 11.4 Å². The molecule has 1 aromatic carbocycles. The van der Waals surface area contributed by atoms with Crippen molar-refractivity contribution in [2.24, 2.45) is 0 Å². The Morgan fingerprint density at radius 2 is 1.73 bits per heavy atom. The lowest BCUT2D eigenvalue weighted by Crippen LogP contribution is -2.38. The summed E-state index contributed by atoms with van der Waals surface area (Å²) in [6, 6.07) is 5.87. The van der Waals surface area contributed by atoms with Gasteiger partial charge in [0.25, 0.3) is 0 Å². The van der Waals surface area contributed by atoms with E-state index < -0.39 is 23.8 Å². The average Bonchev–Trinajstić information content (AvgIpc) is 2.44. The molecule has 0 aliphatic rings. The molecule has 1 rings (SSSR count). The van der Waals surface area contributed by atoms with Crippen LogP contribution < -0.4 is 10.6 Å². The summed E-state index contributed by atoms with van der Waals surface area (Å²) in [5, 5.41) is 4.08. The highest BCUT2D eigenvalue weighted by Crippen LogP contribution is 2.13. The van der Waals surface area contributed by atoms with Crippen molar-refractivity contribution >= 4 is 17.9 Å². The molecule has 2 N–H and O–H groups in total. The average molecular weight is 318 g/mol. The summed E-state index contributed by atoms with van der Waals surface area (Å²) in [5.74, 6) is -3.00. The molecule has 8 heteroatoms. The maximum absolute atomic E-state index is 13.2. The zero-order valence-corrected chi connectivity index (χ0v) is 11.4. The summed E-state index contributed by atoms with van der Waals surface area (Å²) in [5.41, 5.74) is 0.245. The number of hydrogen-bond donors (Lipinski definition) is 2. The van der Waals surface area contributed by atoms with Gasteiger partial charge in [-0.3, -0.25) is 9.59 Å². The van der Waals surface area contributed by atoms with E-state index in [2.05, 4.69) is 5.32 Å². The van der Waals surface area contributed by atoms with Crippen molar-refractivity contribution in [3.8, 4) is 0 Å². The van der Waals surface area contributed by atoms with Gasteiger partial charge in [-0.05, 0) is 18.6 Å². The minimum atomic E-state index is -4.91. The van der Waals surface area contributed by atoms with Gasteiger partial charge in [0, 0.05) is 24.7 Å². The molecule has 4 nitrogen and oxygen atoms in total. The normalized spacial score (nSPS) is 11.5. The van der Waals surface area contributed by atoms with Gasteiger partial charge in [0.1, 0.15) is 5.82 Å². The van der Waals surface area contributed by atoms with Crippen LogP contribution in [0.1, 0.15) is 12.0 Å². The largest absolute Gasteiger partial charge is 0.471 e. The molecule has 2 amide bonds. The van der Waals surface area contributed by atoms with Gasteiger partial charge in [0.2, 0.25) is 5.91 Å². The van der Waals surface area contributed by atoms with Gasteiger partial charge in [-0.25, -0.2) is 4.39 Å². The van der Waals surface area contributed by atoms with Crippen molar-refractivity contribution < 1.29 is 27.2 Å². The number of rotatable bonds is 6. The van der Waals surface area contributed by atoms with E-state index in [1.165, 1.54) is 24.3 Å². The lowest BCUT2D eigenvalue weighted by atomic mass is 10.2. The third-order valence-corrected chi connectivity index (χ3v) is 2.52. The predicted molar refractivity (Wildman–Crippen MR) is 72.1 cm³/mol. The topological polar surface area (TPSA) is 58.2 Å². The van der Waals surface area contributed by atoms with Crippen molar-refractivity contribution in [3.63, 3.8) is 0 Å². The highest BCUT2D eigenvalue weighted by Gasteiger charge is 2.38. The molecule has 0 heterocycles. The number of benzene rings is 1. The molecule has 0 spiro atoms. The molecule has 0 aromatic heterocycles. The smallest absolute Gasteiger partial charge is 0.352 e. The van der Waals surface area contributed by atoms with Gasteiger partial charge < -0.3 is 10.6 Å². The molecule has 0 radical (unpaired) electrons. The molecule has 0 unspecified atom stereocenters. The fraction of sp³-hybridized carbons (Fsp3) is 0.286. The molecule has 0 aliphatic carbocycles. The van der Waals surface area contributed by atoms with Crippen LogP contribution in [-0.4, -0.2) is 31.1 Å². The van der Waals surface area contributed by atoms with Crippen LogP contribution in [0.25, 0.3) is 6.08 Å². The summed E-state index contributed by atoms with van der Waals surface area (Å²) < 4.78 is 48.8. The monoisotopic (exact) mass is 318 g/mol. The zero-order valence-electron chi connectivity index (χ0n) is 11.4. The van der Waals surface area contributed by atoms with Crippen LogP contribution in [0.2, 0.25) is 0 Å². The Kier molecular flexibility index (Phi) is 6.55. The SMILES string of the molecule is O=C(/C=C/c1ccccc1F)NCCCNC(=O)C(F)(F)F. The number of nitrogens with one attached hydrogen (secondary N) is 2. The number of hydrogen-bond acceptors (Lipinski definition) is 2. The quantitative estimate of drug-likeness (QED) is 0.479. The van der Waals surface area contributed by atoms with Crippen LogP contribution in [0.4, 0.5) is 17.6 Å². The molecular weight excluding hydrogens is 304 g/mol. The standard InChI is InChI=1S/C14H14F4N2O2/c15-11-5-2-1-4-10(11)6-7-12(21)19-8-3-9-20-13(22)14(16,17)18/h1-2,4-7H,3,8-9H2,(H,19,21)(H,20,22)/b7-6+. The summed E-state index contributed by atoms with van der Waals surface area (Å²) in [6.45, 7) is -0.131. The fourth-order valence-corrected chi connectivity index (χ4v) is 1.44. The van der Waals surface area contributed by atoms with Crippen LogP contribution in [0.3, 0.4) is 0 Å². The molecule has 1 aromatic rings. The van der Waals surface area contributed by atoms with E-state index in [1.807, 2.05) is 0 Å². The van der Waals surface area contributed by atoms with Crippen molar-refractivity contribution in [1.82, 2.24) is 10.6 Å². The summed E-state index contributed by atoms with van der Waals surface area (Å²) >= 11 is 0. The van der Waals surface area contributed by atoms with E-state index in [4.69, 9.17) is 0 Å². The van der Waals surface area contributed by atoms with Gasteiger partial charge in [-0.15, -0.1) is 0 Å². The molecule has 120 valence electrons. The highest BCUT2D eigenvalue weighted by molar-refractivity contribution is 5.91. The van der Waals surface area contributed by atoms with Crippen LogP contribution in [0.5, 0.6) is 0 Å². The number of halogens is 4. The van der Waals surface area contributed by atoms with E-state index in [0.717, 1.165) is 6.08 Å². The molecule has 0 fully saturated rings. The van der Waals surface area contributed by atoms with Crippen LogP contribution in [-0.2, 0) is 9.59 Å². The second-order valence-corrected chi connectivity index (χ2v) is 4.25. The Bertz CT molecular complexity index is 556. The number of amides is 2. The Balaban J connectivity index is 2.24. The summed E-state index contributed by atoms with van der Waals surface area (Å²) in [6.07, 6.45) is -2.37. The first kappa shape index (κ1) is 17.7. The first-order chi connectivity index (χ1) is 10.3. The maximum Gasteiger partial charge on any atom is 0.471 e. The Morgan fingerprint density at radius 3 is 2.36 bits per heavy atom. The molecule has 0 aliphatic heterocycles. The van der Waals surface area contributed by atoms with Crippen LogP contribution in [0.15, 0.2) is 30.3 Å². The van der Waals surface area contributed by atoms with Gasteiger partial charge in [-0.1, -0.05) is 18.2 Å². The molecule has 0 saturated heterocycles. The Morgan fingerprint density at radius 1 is 1.09 bits per heavy atom. The number of carbonyl (C=O) groups is 2. The van der Waals surface area contributed by atoms with Crippen molar-refractivity contribution in [3.05, 3.63) is 41.7 Å². The molecule has 0 atom stereocenters.